The summed E-state index contributed by atoms with van der Waals surface area (Å²) < 4.78 is 6.71. The number of likely N-dealkylation sites (tertiary alicyclic amines) is 1. The SMILES string of the molecule is CCOC(=O)Cn1cnc(/C=C2\CN(C(c3ccccc3)(c3ccccc3)c3ccccc3)CCC2=O)c1. The van der Waals surface area contributed by atoms with Gasteiger partial charge in [0.1, 0.15) is 6.54 Å². The number of hydrogen-bond acceptors (Lipinski definition) is 5. The van der Waals surface area contributed by atoms with Crippen molar-refractivity contribution in [3.63, 3.8) is 0 Å². The van der Waals surface area contributed by atoms with Gasteiger partial charge >= 0.3 is 5.97 Å². The van der Waals surface area contributed by atoms with Crippen molar-refractivity contribution in [3.8, 4) is 0 Å². The quantitative estimate of drug-likeness (QED) is 0.189. The van der Waals surface area contributed by atoms with Gasteiger partial charge in [0.05, 0.1) is 24.2 Å². The van der Waals surface area contributed by atoms with Gasteiger partial charge in [-0.1, -0.05) is 91.0 Å². The second kappa shape index (κ2) is 11.4. The van der Waals surface area contributed by atoms with Crippen LogP contribution in [0.3, 0.4) is 0 Å². The number of Topliss-reactive ketones (excluding diaryl/α,β-unsaturated/α-hetero) is 1. The maximum atomic E-state index is 13.1. The molecule has 4 aromatic rings. The number of benzene rings is 3. The van der Waals surface area contributed by atoms with E-state index >= 15 is 0 Å². The third kappa shape index (κ3) is 5.08. The summed E-state index contributed by atoms with van der Waals surface area (Å²) in [5.74, 6) is -0.202. The maximum absolute atomic E-state index is 13.1. The van der Waals surface area contributed by atoms with Crippen LogP contribution >= 0.6 is 0 Å². The van der Waals surface area contributed by atoms with Crippen molar-refractivity contribution in [3.05, 3.63) is 131 Å². The Hall–Kier alpha value is -4.29. The topological polar surface area (TPSA) is 64.4 Å². The van der Waals surface area contributed by atoms with Crippen molar-refractivity contribution in [2.24, 2.45) is 0 Å². The van der Waals surface area contributed by atoms with Gasteiger partial charge in [0, 0.05) is 31.3 Å². The van der Waals surface area contributed by atoms with Gasteiger partial charge in [-0.05, 0) is 29.7 Å². The summed E-state index contributed by atoms with van der Waals surface area (Å²) in [6.07, 6.45) is 5.62. The molecule has 6 nitrogen and oxygen atoms in total. The van der Waals surface area contributed by atoms with Crippen LogP contribution in [-0.2, 0) is 26.4 Å². The van der Waals surface area contributed by atoms with Crippen LogP contribution in [0, 0.1) is 0 Å². The Bertz CT molecular complexity index is 1320. The number of carbonyl (C=O) groups is 2. The number of hydrogen-bond donors (Lipinski definition) is 0. The van der Waals surface area contributed by atoms with Crippen LogP contribution in [0.1, 0.15) is 35.7 Å². The Morgan fingerprint density at radius 3 is 2.00 bits per heavy atom. The summed E-state index contributed by atoms with van der Waals surface area (Å²) in [4.78, 5) is 31.8. The van der Waals surface area contributed by atoms with E-state index < -0.39 is 5.54 Å². The first-order chi connectivity index (χ1) is 18.6. The van der Waals surface area contributed by atoms with E-state index in [1.54, 1.807) is 24.0 Å². The van der Waals surface area contributed by atoms with E-state index in [9.17, 15) is 9.59 Å². The van der Waals surface area contributed by atoms with Gasteiger partial charge in [-0.2, -0.15) is 0 Å². The van der Waals surface area contributed by atoms with Gasteiger partial charge in [-0.15, -0.1) is 0 Å². The lowest BCUT2D eigenvalue weighted by Crippen LogP contribution is -2.52. The Kier molecular flexibility index (Phi) is 7.61. The van der Waals surface area contributed by atoms with Crippen molar-refractivity contribution in [1.29, 1.82) is 0 Å². The second-order valence-electron chi connectivity index (χ2n) is 9.35. The van der Waals surface area contributed by atoms with Crippen molar-refractivity contribution < 1.29 is 14.3 Å². The van der Waals surface area contributed by atoms with Gasteiger partial charge in [-0.25, -0.2) is 4.98 Å². The Morgan fingerprint density at radius 1 is 0.921 bits per heavy atom. The molecular weight excluding hydrogens is 474 g/mol. The zero-order valence-corrected chi connectivity index (χ0v) is 21.5. The van der Waals surface area contributed by atoms with Gasteiger partial charge < -0.3 is 9.30 Å². The fourth-order valence-electron chi connectivity index (χ4n) is 5.34. The Balaban J connectivity index is 1.57. The van der Waals surface area contributed by atoms with Gasteiger partial charge in [0.15, 0.2) is 5.78 Å². The Labute approximate surface area is 223 Å². The number of aromatic nitrogens is 2. The van der Waals surface area contributed by atoms with Gasteiger partial charge in [0.2, 0.25) is 0 Å². The highest BCUT2D eigenvalue weighted by atomic mass is 16.5. The molecule has 1 aromatic heterocycles. The van der Waals surface area contributed by atoms with Crippen LogP contribution in [0.4, 0.5) is 0 Å². The third-order valence-electron chi connectivity index (χ3n) is 6.97. The molecule has 3 aromatic carbocycles. The van der Waals surface area contributed by atoms with E-state index in [2.05, 4.69) is 82.7 Å². The molecule has 0 bridgehead atoms. The summed E-state index contributed by atoms with van der Waals surface area (Å²) >= 11 is 0. The first-order valence-corrected chi connectivity index (χ1v) is 12.9. The second-order valence-corrected chi connectivity index (χ2v) is 9.35. The molecule has 1 fully saturated rings. The van der Waals surface area contributed by atoms with E-state index in [0.29, 0.717) is 37.4 Å². The minimum absolute atomic E-state index is 0.0865. The fraction of sp³-hybridized carbons (Fsp3) is 0.219. The molecular formula is C32H31N3O3. The van der Waals surface area contributed by atoms with Crippen LogP contribution in [0.5, 0.6) is 0 Å². The summed E-state index contributed by atoms with van der Waals surface area (Å²) in [5, 5.41) is 0. The number of carbonyl (C=O) groups excluding carboxylic acids is 2. The smallest absolute Gasteiger partial charge is 0.325 e. The van der Waals surface area contributed by atoms with Gasteiger partial charge in [0.25, 0.3) is 0 Å². The van der Waals surface area contributed by atoms with Crippen LogP contribution in [0.15, 0.2) is 109 Å². The normalized spacial score (nSPS) is 15.5. The average molecular weight is 506 g/mol. The fourth-order valence-corrected chi connectivity index (χ4v) is 5.34. The number of nitrogens with zero attached hydrogens (tertiary/aromatic N) is 3. The first-order valence-electron chi connectivity index (χ1n) is 12.9. The predicted molar refractivity (Wildman–Crippen MR) is 147 cm³/mol. The van der Waals surface area contributed by atoms with Crippen molar-refractivity contribution in [1.82, 2.24) is 14.5 Å². The zero-order chi connectivity index (χ0) is 26.4. The summed E-state index contributed by atoms with van der Waals surface area (Å²) in [6.45, 7) is 3.28. The summed E-state index contributed by atoms with van der Waals surface area (Å²) in [5.41, 5.74) is 4.18. The highest BCUT2D eigenvalue weighted by molar-refractivity contribution is 6.00. The minimum atomic E-state index is -0.590. The maximum Gasteiger partial charge on any atom is 0.325 e. The number of ketones is 1. The molecule has 0 unspecified atom stereocenters. The summed E-state index contributed by atoms with van der Waals surface area (Å²) in [7, 11) is 0. The molecule has 0 spiro atoms. The summed E-state index contributed by atoms with van der Waals surface area (Å²) in [6, 6.07) is 31.5. The number of piperidine rings is 1. The number of rotatable bonds is 8. The average Bonchev–Trinajstić information content (AvgIpc) is 3.39. The minimum Gasteiger partial charge on any atom is -0.465 e. The molecule has 0 N–H and O–H groups in total. The molecule has 1 saturated heterocycles. The number of ether oxygens (including phenoxy) is 1. The van der Waals surface area contributed by atoms with Crippen LogP contribution in [-0.4, -0.2) is 45.9 Å². The molecule has 0 saturated carbocycles. The molecule has 0 aliphatic carbocycles. The van der Waals surface area contributed by atoms with Crippen molar-refractivity contribution in [2.45, 2.75) is 25.4 Å². The van der Waals surface area contributed by atoms with E-state index in [-0.39, 0.29) is 18.3 Å². The first kappa shape index (κ1) is 25.4. The molecule has 0 amide bonds. The van der Waals surface area contributed by atoms with Crippen molar-refractivity contribution in [2.75, 3.05) is 19.7 Å². The van der Waals surface area contributed by atoms with E-state index in [1.165, 1.54) is 0 Å². The standard InChI is InChI=1S/C32H31N3O3/c1-2-38-31(37)23-34-22-29(33-24-34)20-25-21-35(19-18-30(25)36)32(26-12-6-3-7-13-26,27-14-8-4-9-15-27)28-16-10-5-11-17-28/h3-17,20,22,24H,2,18-19,21,23H2,1H3/b25-20+. The molecule has 6 heteroatoms. The van der Waals surface area contributed by atoms with E-state index in [0.717, 1.165) is 16.7 Å². The lowest BCUT2D eigenvalue weighted by molar-refractivity contribution is -0.143. The molecule has 5 rings (SSSR count). The largest absolute Gasteiger partial charge is 0.465 e. The lowest BCUT2D eigenvalue weighted by Gasteiger charge is -2.47. The highest BCUT2D eigenvalue weighted by Crippen LogP contribution is 2.43. The van der Waals surface area contributed by atoms with Gasteiger partial charge in [-0.3, -0.25) is 14.5 Å². The lowest BCUT2D eigenvalue weighted by atomic mass is 9.74. The molecule has 0 atom stereocenters. The molecule has 1 aliphatic rings. The van der Waals surface area contributed by atoms with Crippen LogP contribution in [0.2, 0.25) is 0 Å². The Morgan fingerprint density at radius 2 is 1.47 bits per heavy atom. The zero-order valence-electron chi connectivity index (χ0n) is 21.5. The van der Waals surface area contributed by atoms with E-state index in [4.69, 9.17) is 4.74 Å². The van der Waals surface area contributed by atoms with E-state index in [1.807, 2.05) is 24.3 Å². The molecule has 2 heterocycles. The molecule has 0 radical (unpaired) electrons. The monoisotopic (exact) mass is 505 g/mol. The molecule has 38 heavy (non-hydrogen) atoms. The predicted octanol–water partition coefficient (Wildman–Crippen LogP) is 5.10. The highest BCUT2D eigenvalue weighted by Gasteiger charge is 2.44. The number of imidazole rings is 1. The van der Waals surface area contributed by atoms with Crippen LogP contribution in [0.25, 0.3) is 6.08 Å². The van der Waals surface area contributed by atoms with Crippen molar-refractivity contribution >= 4 is 17.8 Å². The number of esters is 1. The van der Waals surface area contributed by atoms with Crippen LogP contribution < -0.4 is 0 Å². The molecule has 1 aliphatic heterocycles. The molecule has 192 valence electrons. The third-order valence-corrected chi connectivity index (χ3v) is 6.97.